The Bertz CT molecular complexity index is 563. The maximum atomic E-state index is 11.9. The van der Waals surface area contributed by atoms with Crippen LogP contribution in [0.3, 0.4) is 0 Å². The van der Waals surface area contributed by atoms with Crippen molar-refractivity contribution in [3.8, 4) is 11.5 Å². The molecule has 0 aromatic heterocycles. The Hall–Kier alpha value is -2.28. The maximum Gasteiger partial charge on any atom is 0.288 e. The molecule has 7 nitrogen and oxygen atoms in total. The highest BCUT2D eigenvalue weighted by molar-refractivity contribution is 5.80. The highest BCUT2D eigenvalue weighted by atomic mass is 16.7. The lowest BCUT2D eigenvalue weighted by atomic mass is 10.2. The van der Waals surface area contributed by atoms with Crippen molar-refractivity contribution in [3.63, 3.8) is 0 Å². The molecule has 3 rings (SSSR count). The van der Waals surface area contributed by atoms with E-state index in [0.717, 1.165) is 13.0 Å². The van der Waals surface area contributed by atoms with E-state index in [1.54, 1.807) is 17.0 Å². The van der Waals surface area contributed by atoms with Gasteiger partial charge in [0.25, 0.3) is 5.91 Å². The van der Waals surface area contributed by atoms with E-state index in [2.05, 4.69) is 5.48 Å². The van der Waals surface area contributed by atoms with Gasteiger partial charge in [-0.05, 0) is 18.6 Å². The first-order chi connectivity index (χ1) is 10.7. The lowest BCUT2D eigenvalue weighted by Gasteiger charge is -2.25. The first-order valence-electron chi connectivity index (χ1n) is 7.32. The van der Waals surface area contributed by atoms with Crippen molar-refractivity contribution in [2.24, 2.45) is 0 Å². The number of carbonyl (C=O) groups excluding carboxylic acids is 2. The molecule has 1 unspecified atom stereocenters. The summed E-state index contributed by atoms with van der Waals surface area (Å²) < 4.78 is 11.0. The number of amides is 2. The molecule has 2 amide bonds. The van der Waals surface area contributed by atoms with Crippen molar-refractivity contribution >= 4 is 11.8 Å². The summed E-state index contributed by atoms with van der Waals surface area (Å²) in [6, 6.07) is 7.18. The molecule has 1 N–H and O–H groups in total. The van der Waals surface area contributed by atoms with Crippen LogP contribution in [0.15, 0.2) is 24.3 Å². The van der Waals surface area contributed by atoms with Gasteiger partial charge in [0.1, 0.15) is 6.61 Å². The fourth-order valence-corrected chi connectivity index (χ4v) is 2.43. The Kier molecular flexibility index (Phi) is 4.43. The maximum absolute atomic E-state index is 11.9. The first kappa shape index (κ1) is 14.6. The van der Waals surface area contributed by atoms with E-state index in [4.69, 9.17) is 14.3 Å². The minimum atomic E-state index is -0.747. The predicted octanol–water partition coefficient (Wildman–Crippen LogP) is 0.497. The fraction of sp³-hybridized carbons (Fsp3) is 0.467. The van der Waals surface area contributed by atoms with Crippen LogP contribution in [-0.2, 0) is 14.4 Å². The van der Waals surface area contributed by atoms with E-state index in [-0.39, 0.29) is 19.1 Å². The van der Waals surface area contributed by atoms with E-state index >= 15 is 0 Å². The molecule has 0 radical (unpaired) electrons. The first-order valence-corrected chi connectivity index (χ1v) is 7.32. The van der Waals surface area contributed by atoms with Crippen LogP contribution in [0.1, 0.15) is 12.8 Å². The molecule has 7 heteroatoms. The molecular weight excluding hydrogens is 288 g/mol. The van der Waals surface area contributed by atoms with Gasteiger partial charge in [0.05, 0.1) is 6.61 Å². The van der Waals surface area contributed by atoms with Crippen molar-refractivity contribution in [1.29, 1.82) is 0 Å². The second-order valence-electron chi connectivity index (χ2n) is 5.16. The Labute approximate surface area is 128 Å². The molecule has 2 heterocycles. The Morgan fingerprint density at radius 2 is 2.18 bits per heavy atom. The van der Waals surface area contributed by atoms with Gasteiger partial charge >= 0.3 is 0 Å². The summed E-state index contributed by atoms with van der Waals surface area (Å²) in [7, 11) is 0. The number of likely N-dealkylation sites (tertiary alicyclic amines) is 1. The summed E-state index contributed by atoms with van der Waals surface area (Å²) in [6.45, 7) is 1.62. The third-order valence-corrected chi connectivity index (χ3v) is 3.61. The molecule has 2 aliphatic heterocycles. The van der Waals surface area contributed by atoms with Gasteiger partial charge in [-0.25, -0.2) is 5.48 Å². The number of para-hydroxylation sites is 2. The number of nitrogens with one attached hydrogen (secondary N) is 1. The molecule has 0 saturated carbocycles. The zero-order chi connectivity index (χ0) is 15.4. The van der Waals surface area contributed by atoms with Gasteiger partial charge in [-0.1, -0.05) is 12.1 Å². The molecule has 1 saturated heterocycles. The molecule has 1 aromatic carbocycles. The van der Waals surface area contributed by atoms with Gasteiger partial charge in [0, 0.05) is 19.5 Å². The van der Waals surface area contributed by atoms with Crippen molar-refractivity contribution in [3.05, 3.63) is 24.3 Å². The summed E-state index contributed by atoms with van der Waals surface area (Å²) in [5.41, 5.74) is 2.34. The number of hydrogen-bond acceptors (Lipinski definition) is 5. The minimum Gasteiger partial charge on any atom is -0.485 e. The molecule has 1 fully saturated rings. The second-order valence-corrected chi connectivity index (χ2v) is 5.16. The molecule has 118 valence electrons. The Morgan fingerprint density at radius 1 is 1.36 bits per heavy atom. The monoisotopic (exact) mass is 306 g/mol. The van der Waals surface area contributed by atoms with Gasteiger partial charge in [0.15, 0.2) is 11.5 Å². The van der Waals surface area contributed by atoms with E-state index in [1.165, 1.54) is 0 Å². The molecule has 0 spiro atoms. The average Bonchev–Trinajstić information content (AvgIpc) is 2.96. The number of ether oxygens (including phenoxy) is 2. The van der Waals surface area contributed by atoms with Crippen LogP contribution in [0.2, 0.25) is 0 Å². The molecule has 2 aliphatic rings. The quantitative estimate of drug-likeness (QED) is 0.633. The fourth-order valence-electron chi connectivity index (χ4n) is 2.43. The van der Waals surface area contributed by atoms with Crippen LogP contribution in [0, 0.1) is 0 Å². The van der Waals surface area contributed by atoms with E-state index in [9.17, 15) is 9.59 Å². The normalized spacial score (nSPS) is 20.1. The summed E-state index contributed by atoms with van der Waals surface area (Å²) >= 11 is 0. The van der Waals surface area contributed by atoms with Gasteiger partial charge in [-0.2, -0.15) is 0 Å². The van der Waals surface area contributed by atoms with Crippen molar-refractivity contribution in [2.75, 3.05) is 26.3 Å². The zero-order valence-corrected chi connectivity index (χ0v) is 12.1. The molecule has 1 atom stereocenters. The second kappa shape index (κ2) is 6.65. The lowest BCUT2D eigenvalue weighted by Crippen LogP contribution is -2.44. The van der Waals surface area contributed by atoms with E-state index in [0.29, 0.717) is 24.5 Å². The topological polar surface area (TPSA) is 77.1 Å². The van der Waals surface area contributed by atoms with Gasteiger partial charge in [-0.15, -0.1) is 0 Å². The number of fused-ring (bicyclic) bond motifs is 1. The highest BCUT2D eigenvalue weighted by Gasteiger charge is 2.27. The van der Waals surface area contributed by atoms with Gasteiger partial charge in [0.2, 0.25) is 12.0 Å². The Balaban J connectivity index is 1.40. The van der Waals surface area contributed by atoms with Crippen LogP contribution in [0.5, 0.6) is 11.5 Å². The predicted molar refractivity (Wildman–Crippen MR) is 76.3 cm³/mol. The van der Waals surface area contributed by atoms with E-state index < -0.39 is 12.0 Å². The SMILES string of the molecule is O=C(NOCCN1CCCC1=O)C1COc2ccccc2O1. The standard InChI is InChI=1S/C15H18N2O5/c18-14-6-3-7-17(14)8-9-21-16-15(19)13-10-20-11-4-1-2-5-12(11)22-13/h1-2,4-5,13H,3,6-10H2,(H,16,19). The zero-order valence-electron chi connectivity index (χ0n) is 12.1. The number of benzene rings is 1. The molecule has 1 aromatic rings. The summed E-state index contributed by atoms with van der Waals surface area (Å²) in [5, 5.41) is 0. The van der Waals surface area contributed by atoms with Crippen molar-refractivity contribution in [2.45, 2.75) is 18.9 Å². The average molecular weight is 306 g/mol. The third kappa shape index (κ3) is 3.30. The molecule has 0 bridgehead atoms. The highest BCUT2D eigenvalue weighted by Crippen LogP contribution is 2.30. The van der Waals surface area contributed by atoms with Crippen LogP contribution >= 0.6 is 0 Å². The van der Waals surface area contributed by atoms with Crippen LogP contribution in [-0.4, -0.2) is 49.1 Å². The van der Waals surface area contributed by atoms with Crippen molar-refractivity contribution < 1.29 is 23.9 Å². The number of rotatable bonds is 5. The smallest absolute Gasteiger partial charge is 0.288 e. The number of nitrogens with zero attached hydrogens (tertiary/aromatic N) is 1. The van der Waals surface area contributed by atoms with Crippen LogP contribution in [0.4, 0.5) is 0 Å². The largest absolute Gasteiger partial charge is 0.485 e. The summed E-state index contributed by atoms with van der Waals surface area (Å²) in [6.07, 6.45) is 0.736. The lowest BCUT2D eigenvalue weighted by molar-refractivity contribution is -0.144. The van der Waals surface area contributed by atoms with Crippen LogP contribution < -0.4 is 15.0 Å². The minimum absolute atomic E-state index is 0.135. The Morgan fingerprint density at radius 3 is 2.95 bits per heavy atom. The molecule has 22 heavy (non-hydrogen) atoms. The molecule has 0 aliphatic carbocycles. The summed E-state index contributed by atoms with van der Waals surface area (Å²) in [4.78, 5) is 30.2. The number of carbonyl (C=O) groups is 2. The van der Waals surface area contributed by atoms with E-state index in [1.807, 2.05) is 12.1 Å². The summed E-state index contributed by atoms with van der Waals surface area (Å²) in [5.74, 6) is 0.898. The number of hydroxylamine groups is 1. The van der Waals surface area contributed by atoms with Gasteiger partial charge < -0.3 is 14.4 Å². The van der Waals surface area contributed by atoms with Crippen molar-refractivity contribution in [1.82, 2.24) is 10.4 Å². The van der Waals surface area contributed by atoms with Gasteiger partial charge in [-0.3, -0.25) is 14.4 Å². The third-order valence-electron chi connectivity index (χ3n) is 3.61. The molecular formula is C15H18N2O5. The number of hydrogen-bond donors (Lipinski definition) is 1. The van der Waals surface area contributed by atoms with Crippen LogP contribution in [0.25, 0.3) is 0 Å².